The zero-order valence-corrected chi connectivity index (χ0v) is 16.7. The van der Waals surface area contributed by atoms with Crippen LogP contribution in [0.25, 0.3) is 0 Å². The average molecular weight is 421 g/mol. The number of aryl methyl sites for hydroxylation is 1. The molecule has 0 atom stereocenters. The fourth-order valence-corrected chi connectivity index (χ4v) is 2.45. The second-order valence-corrected chi connectivity index (χ2v) is 7.70. The molecule has 0 bridgehead atoms. The van der Waals surface area contributed by atoms with Crippen molar-refractivity contribution in [1.82, 2.24) is 4.98 Å². The lowest BCUT2D eigenvalue weighted by Gasteiger charge is -2.18. The molecule has 0 amide bonds. The number of aliphatic carboxylic acids is 1. The first-order valence-electron chi connectivity index (χ1n) is 8.00. The molecule has 138 valence electrons. The summed E-state index contributed by atoms with van der Waals surface area (Å²) in [6.45, 7) is 7.52. The normalized spacial score (nSPS) is 12.1. The van der Waals surface area contributed by atoms with E-state index >= 15 is 0 Å². The summed E-state index contributed by atoms with van der Waals surface area (Å²) in [6.07, 6.45) is -0.252. The van der Waals surface area contributed by atoms with Gasteiger partial charge in [-0.25, -0.2) is 4.98 Å². The van der Waals surface area contributed by atoms with Crippen molar-refractivity contribution in [2.45, 2.75) is 39.7 Å². The molecule has 6 nitrogen and oxygen atoms in total. The molecule has 26 heavy (non-hydrogen) atoms. The van der Waals surface area contributed by atoms with Crippen molar-refractivity contribution >= 4 is 27.6 Å². The number of aromatic nitrogens is 1. The Balaban J connectivity index is 2.60. The first-order chi connectivity index (χ1) is 12.1. The maximum absolute atomic E-state index is 11.0. The summed E-state index contributed by atoms with van der Waals surface area (Å²) in [6, 6.07) is 8.49. The molecule has 0 aliphatic heterocycles. The van der Waals surface area contributed by atoms with Gasteiger partial charge in [-0.3, -0.25) is 4.79 Å². The molecular weight excluding hydrogens is 400 g/mol. The Bertz CT molecular complexity index is 857. The van der Waals surface area contributed by atoms with Crippen LogP contribution in [-0.4, -0.2) is 32.5 Å². The average Bonchev–Trinajstić information content (AvgIpc) is 2.52. The molecule has 2 N–H and O–H groups in total. The minimum Gasteiger partial charge on any atom is -0.506 e. The minimum absolute atomic E-state index is 0.105. The Kier molecular flexibility index (Phi) is 6.02. The van der Waals surface area contributed by atoms with Gasteiger partial charge in [-0.2, -0.15) is 0 Å². The largest absolute Gasteiger partial charge is 0.506 e. The van der Waals surface area contributed by atoms with Gasteiger partial charge in [0.25, 0.3) is 0 Å². The van der Waals surface area contributed by atoms with Gasteiger partial charge in [0, 0.05) is 10.0 Å². The molecule has 7 heteroatoms. The first kappa shape index (κ1) is 19.9. The number of hydrogen-bond acceptors (Lipinski definition) is 5. The van der Waals surface area contributed by atoms with Crippen molar-refractivity contribution in [3.05, 3.63) is 57.3 Å². The first-order valence-corrected chi connectivity index (χ1v) is 8.80. The van der Waals surface area contributed by atoms with Crippen molar-refractivity contribution in [3.8, 4) is 5.75 Å². The van der Waals surface area contributed by atoms with E-state index < -0.39 is 11.6 Å². The zero-order chi connectivity index (χ0) is 19.5. The summed E-state index contributed by atoms with van der Waals surface area (Å²) >= 11 is 3.49. The highest BCUT2D eigenvalue weighted by atomic mass is 79.9. The molecule has 1 aromatic carbocycles. The third-order valence-electron chi connectivity index (χ3n) is 3.34. The summed E-state index contributed by atoms with van der Waals surface area (Å²) < 4.78 is 0.875. The number of oxime groups is 1. The monoisotopic (exact) mass is 420 g/mol. The number of hydrogen-bond donors (Lipinski definition) is 2. The van der Waals surface area contributed by atoms with Crippen LogP contribution in [0.1, 0.15) is 43.3 Å². The Morgan fingerprint density at radius 1 is 1.27 bits per heavy atom. The van der Waals surface area contributed by atoms with E-state index in [0.717, 1.165) is 10.0 Å². The smallest absolute Gasteiger partial charge is 0.309 e. The van der Waals surface area contributed by atoms with Gasteiger partial charge in [0.15, 0.2) is 0 Å². The van der Waals surface area contributed by atoms with Crippen molar-refractivity contribution in [2.75, 3.05) is 0 Å². The number of nitrogens with zero attached hydrogens (tertiary/aromatic N) is 2. The quantitative estimate of drug-likeness (QED) is 0.561. The molecule has 0 spiro atoms. The summed E-state index contributed by atoms with van der Waals surface area (Å²) in [5, 5.41) is 23.5. The lowest BCUT2D eigenvalue weighted by atomic mass is 10.0. The van der Waals surface area contributed by atoms with E-state index in [2.05, 4.69) is 26.1 Å². The molecule has 0 radical (unpaired) electrons. The Labute approximate surface area is 160 Å². The lowest BCUT2D eigenvalue weighted by molar-refractivity contribution is -0.136. The second-order valence-electron chi connectivity index (χ2n) is 6.85. The number of carboxylic acids is 1. The van der Waals surface area contributed by atoms with Crippen LogP contribution in [0, 0.1) is 6.92 Å². The second kappa shape index (κ2) is 7.86. The molecule has 0 saturated carbocycles. The maximum Gasteiger partial charge on any atom is 0.309 e. The number of rotatable bonds is 5. The van der Waals surface area contributed by atoms with Crippen molar-refractivity contribution in [1.29, 1.82) is 0 Å². The fourth-order valence-electron chi connectivity index (χ4n) is 2.08. The third-order valence-corrected chi connectivity index (χ3v) is 4.20. The fraction of sp³-hybridized carbons (Fsp3) is 0.316. The highest BCUT2D eigenvalue weighted by Gasteiger charge is 2.19. The maximum atomic E-state index is 11.0. The molecule has 2 rings (SSSR count). The highest BCUT2D eigenvalue weighted by Crippen LogP contribution is 2.25. The van der Waals surface area contributed by atoms with Gasteiger partial charge in [0.05, 0.1) is 12.1 Å². The molecule has 2 aromatic rings. The molecule has 1 aromatic heterocycles. The Morgan fingerprint density at radius 2 is 1.96 bits per heavy atom. The van der Waals surface area contributed by atoms with Gasteiger partial charge in [-0.15, -0.1) is 0 Å². The van der Waals surface area contributed by atoms with Gasteiger partial charge in [0.2, 0.25) is 0 Å². The number of pyridine rings is 1. The number of halogens is 1. The Hall–Kier alpha value is -2.41. The van der Waals surface area contributed by atoms with E-state index in [1.165, 1.54) is 12.1 Å². The van der Waals surface area contributed by atoms with Crippen LogP contribution in [0.3, 0.4) is 0 Å². The predicted molar refractivity (Wildman–Crippen MR) is 103 cm³/mol. The molecule has 0 saturated heterocycles. The molecule has 1 heterocycles. The Morgan fingerprint density at radius 3 is 2.54 bits per heavy atom. The molecule has 0 aliphatic rings. The van der Waals surface area contributed by atoms with E-state index in [9.17, 15) is 9.90 Å². The number of carbonyl (C=O) groups is 1. The number of carboxylic acid groups (broad SMARTS) is 1. The number of benzene rings is 1. The predicted octanol–water partition coefficient (Wildman–Crippen LogP) is 4.05. The summed E-state index contributed by atoms with van der Waals surface area (Å²) in [5.74, 6) is -1.11. The van der Waals surface area contributed by atoms with Crippen LogP contribution >= 0.6 is 15.9 Å². The van der Waals surface area contributed by atoms with E-state index in [-0.39, 0.29) is 17.9 Å². The summed E-state index contributed by atoms with van der Waals surface area (Å²) in [4.78, 5) is 20.8. The van der Waals surface area contributed by atoms with E-state index in [0.29, 0.717) is 17.0 Å². The van der Waals surface area contributed by atoms with Crippen molar-refractivity contribution in [3.63, 3.8) is 0 Å². The topological polar surface area (TPSA) is 92.0 Å². The van der Waals surface area contributed by atoms with Gasteiger partial charge in [-0.05, 0) is 51.5 Å². The van der Waals surface area contributed by atoms with Crippen LogP contribution in [0.15, 0.2) is 40.0 Å². The van der Waals surface area contributed by atoms with Gasteiger partial charge in [-0.1, -0.05) is 33.2 Å². The molecule has 0 aliphatic carbocycles. The minimum atomic E-state index is -1.00. The van der Waals surface area contributed by atoms with E-state index in [1.807, 2.05) is 45.9 Å². The van der Waals surface area contributed by atoms with Gasteiger partial charge >= 0.3 is 5.97 Å². The molecule has 0 fully saturated rings. The van der Waals surface area contributed by atoms with Crippen LogP contribution < -0.4 is 0 Å². The lowest BCUT2D eigenvalue weighted by Crippen LogP contribution is -2.18. The number of aromatic hydroxyl groups is 1. The SMILES string of the molecule is Cc1ccc(/C(=N/OC(C)(C)C)c2nc(CC(=O)O)ccc2O)cc1Br. The molecular formula is C19H21BrN2O4. The third kappa shape index (κ3) is 5.29. The van der Waals surface area contributed by atoms with Crippen molar-refractivity contribution in [2.24, 2.45) is 5.16 Å². The summed E-state index contributed by atoms with van der Waals surface area (Å²) in [5.41, 5.74) is 2.00. The van der Waals surface area contributed by atoms with Gasteiger partial charge < -0.3 is 15.1 Å². The zero-order valence-electron chi connectivity index (χ0n) is 15.1. The highest BCUT2D eigenvalue weighted by molar-refractivity contribution is 9.10. The van der Waals surface area contributed by atoms with Crippen LogP contribution in [0.4, 0.5) is 0 Å². The van der Waals surface area contributed by atoms with Gasteiger partial charge in [0.1, 0.15) is 22.8 Å². The van der Waals surface area contributed by atoms with Crippen molar-refractivity contribution < 1.29 is 19.8 Å². The van der Waals surface area contributed by atoms with Crippen LogP contribution in [0.2, 0.25) is 0 Å². The standard InChI is InChI=1S/C19H21BrN2O4/c1-11-5-6-12(9-14(11)20)17(22-26-19(2,3)4)18-15(23)8-7-13(21-18)10-16(24)25/h5-9,23H,10H2,1-4H3,(H,24,25)/b22-17-. The van der Waals surface area contributed by atoms with E-state index in [1.54, 1.807) is 0 Å². The van der Waals surface area contributed by atoms with Crippen LogP contribution in [-0.2, 0) is 16.1 Å². The molecule has 0 unspecified atom stereocenters. The van der Waals surface area contributed by atoms with Crippen LogP contribution in [0.5, 0.6) is 5.75 Å². The van der Waals surface area contributed by atoms with E-state index in [4.69, 9.17) is 9.94 Å². The summed E-state index contributed by atoms with van der Waals surface area (Å²) in [7, 11) is 0.